The summed E-state index contributed by atoms with van der Waals surface area (Å²) in [6.07, 6.45) is -0.0112. The molecule has 0 fully saturated rings. The molecule has 0 unspecified atom stereocenters. The second kappa shape index (κ2) is 29.5. The van der Waals surface area contributed by atoms with E-state index in [0.29, 0.717) is 59.9 Å². The standard InChI is InChI=1S/C50H50ClN11O15S6.O3S/c1-28-21-38(58-61-46-31(4)34(27-52)49-53-47-41(62(49)50(46)63)13-14-42(76-5)48(47)83(73,74)75)43(77-15-6-18-80(64,65)66)24-35(28)56-59-39-23-30(3)37(26-45(39)79-17-8-20-82(70,71)72)57-60-40-22-29(2)36(55-54-33-11-9-32(51)10-12-33)25-44(40)78-16-7-19-81(67,68)69;1-4(2)3/h9-14,21-26,63H,6-8,15-20H2,1-5H3,(H,64,65,66)(H,67,68,69)(H,70,71,72)(H,73,74,75);. The Bertz CT molecular complexity index is 4560. The third kappa shape index (κ3) is 19.5. The molecule has 5 N–H and O–H groups in total. The Labute approximate surface area is 512 Å². The first-order chi connectivity index (χ1) is 40.8. The zero-order valence-corrected chi connectivity index (χ0v) is 52.5. The molecule has 7 aromatic rings. The number of imidazole rings is 1. The number of benzene rings is 5. The molecule has 29 nitrogen and oxygen atoms in total. The molecule has 7 rings (SSSR count). The molecule has 0 bridgehead atoms. The number of aromatic nitrogens is 2. The van der Waals surface area contributed by atoms with Gasteiger partial charge in [0.05, 0.1) is 70.6 Å². The third-order valence-corrected chi connectivity index (χ3v) is 17.7. The first-order valence-corrected chi connectivity index (χ1v) is 34.4. The average molecular weight is 1350 g/mol. The number of aromatic hydroxyl groups is 1. The van der Waals surface area contributed by atoms with Crippen LogP contribution in [0.15, 0.2) is 128 Å². The summed E-state index contributed by atoms with van der Waals surface area (Å²) >= 11 is 8.48. The first kappa shape index (κ1) is 68.7. The normalized spacial score (nSPS) is 12.4. The molecule has 0 amide bonds. The van der Waals surface area contributed by atoms with Crippen molar-refractivity contribution >= 4 is 148 Å². The van der Waals surface area contributed by atoms with Gasteiger partial charge in [-0.15, -0.1) is 56.6 Å². The highest BCUT2D eigenvalue weighted by atomic mass is 35.5. The Balaban J connectivity index is 0.00000293. The van der Waals surface area contributed by atoms with Gasteiger partial charge in [-0.3, -0.25) is 22.6 Å². The molecule has 87 heavy (non-hydrogen) atoms. The lowest BCUT2D eigenvalue weighted by Gasteiger charge is -2.12. The van der Waals surface area contributed by atoms with Gasteiger partial charge in [0.15, 0.2) is 16.2 Å². The van der Waals surface area contributed by atoms with Crippen molar-refractivity contribution in [1.29, 1.82) is 5.26 Å². The van der Waals surface area contributed by atoms with Gasteiger partial charge in [0.1, 0.15) is 34.3 Å². The summed E-state index contributed by atoms with van der Waals surface area (Å²) in [5.41, 5.74) is 3.08. The van der Waals surface area contributed by atoms with E-state index in [2.05, 4.69) is 45.9 Å². The molecule has 0 aliphatic carbocycles. The highest BCUT2D eigenvalue weighted by molar-refractivity contribution is 7.99. The number of rotatable bonds is 25. The fraction of sp³-hybridized carbons (Fsp3) is 0.280. The van der Waals surface area contributed by atoms with Crippen LogP contribution in [0.2, 0.25) is 5.02 Å². The summed E-state index contributed by atoms with van der Waals surface area (Å²) in [5.74, 6) is -2.09. The van der Waals surface area contributed by atoms with Gasteiger partial charge in [-0.25, -0.2) is 4.98 Å². The average Bonchev–Trinajstić information content (AvgIpc) is 1.66. The van der Waals surface area contributed by atoms with Crippen LogP contribution in [-0.4, -0.2) is 121 Å². The minimum atomic E-state index is -4.95. The van der Waals surface area contributed by atoms with Gasteiger partial charge in [0.2, 0.25) is 5.88 Å². The summed E-state index contributed by atoms with van der Waals surface area (Å²) < 4.78 is 170. The van der Waals surface area contributed by atoms with Gasteiger partial charge in [-0.2, -0.15) is 59.4 Å². The molecule has 2 aromatic heterocycles. The van der Waals surface area contributed by atoms with E-state index in [4.69, 9.17) is 33.7 Å². The smallest absolute Gasteiger partial charge is 0.425 e. The van der Waals surface area contributed by atoms with E-state index in [9.17, 15) is 62.3 Å². The highest BCUT2D eigenvalue weighted by Gasteiger charge is 2.28. The van der Waals surface area contributed by atoms with E-state index in [1.54, 1.807) is 69.3 Å². The van der Waals surface area contributed by atoms with E-state index in [1.165, 1.54) is 61.8 Å². The fourth-order valence-electron chi connectivity index (χ4n) is 7.81. The number of pyridine rings is 1. The molecule has 0 saturated carbocycles. The predicted molar refractivity (Wildman–Crippen MR) is 322 cm³/mol. The third-order valence-electron chi connectivity index (χ3n) is 11.8. The number of aryl methyl sites for hydroxylation is 3. The van der Waals surface area contributed by atoms with Gasteiger partial charge in [-0.1, -0.05) is 11.6 Å². The summed E-state index contributed by atoms with van der Waals surface area (Å²) in [6.45, 7) is 6.34. The second-order valence-corrected chi connectivity index (χ2v) is 27.5. The van der Waals surface area contributed by atoms with Crippen molar-refractivity contribution in [2.75, 3.05) is 42.5 Å². The number of methoxy groups -OCH3 is 1. The Morgan fingerprint density at radius 2 is 1.08 bits per heavy atom. The Hall–Kier alpha value is -7.41. The Morgan fingerprint density at radius 1 is 0.621 bits per heavy atom. The summed E-state index contributed by atoms with van der Waals surface area (Å²) in [5, 5.41) is 58.1. The van der Waals surface area contributed by atoms with Crippen molar-refractivity contribution in [2.24, 2.45) is 40.9 Å². The van der Waals surface area contributed by atoms with Gasteiger partial charge < -0.3 is 14.6 Å². The molecule has 0 aliphatic rings. The van der Waals surface area contributed by atoms with Gasteiger partial charge in [0.25, 0.3) is 40.5 Å². The molecule has 37 heteroatoms. The molecule has 0 atom stereocenters. The number of hydrogen-bond acceptors (Lipinski definition) is 26. The number of azo groups is 4. The van der Waals surface area contributed by atoms with Crippen LogP contribution in [0.5, 0.6) is 17.4 Å². The largest absolute Gasteiger partial charge is 0.495 e. The molecule has 0 radical (unpaired) electrons. The number of fused-ring (bicyclic) bond motifs is 3. The van der Waals surface area contributed by atoms with Crippen LogP contribution in [0.1, 0.15) is 47.1 Å². The molecule has 0 spiro atoms. The molecule has 2 heterocycles. The van der Waals surface area contributed by atoms with E-state index in [-0.39, 0.29) is 93.7 Å². The second-order valence-electron chi connectivity index (χ2n) is 18.3. The monoisotopic (exact) mass is 1350 g/mol. The Morgan fingerprint density at radius 3 is 1.56 bits per heavy atom. The van der Waals surface area contributed by atoms with E-state index < -0.39 is 79.1 Å². The summed E-state index contributed by atoms with van der Waals surface area (Å²) in [7, 11) is -19.8. The van der Waals surface area contributed by atoms with E-state index >= 15 is 0 Å². The molecular weight excluding hydrogens is 1300 g/mol. The number of hydrogen-bond donors (Lipinski definition) is 5. The van der Waals surface area contributed by atoms with Crippen LogP contribution in [0, 0.1) is 39.0 Å². The zero-order chi connectivity index (χ0) is 64.2. The van der Waals surface area contributed by atoms with Crippen LogP contribution in [0.3, 0.4) is 0 Å². The maximum Gasteiger partial charge on any atom is 0.425 e. The maximum absolute atomic E-state index is 12.5. The number of nitriles is 1. The van der Waals surface area contributed by atoms with Crippen molar-refractivity contribution in [2.45, 2.75) is 61.6 Å². The number of halogens is 1. The quantitative estimate of drug-likeness (QED) is 0.0154. The van der Waals surface area contributed by atoms with E-state index in [1.807, 2.05) is 6.07 Å². The highest BCUT2D eigenvalue weighted by Crippen LogP contribution is 2.45. The van der Waals surface area contributed by atoms with Crippen LogP contribution in [0.4, 0.5) is 45.5 Å². The predicted octanol–water partition coefficient (Wildman–Crippen LogP) is 12.3. The zero-order valence-electron chi connectivity index (χ0n) is 46.0. The van der Waals surface area contributed by atoms with Crippen molar-refractivity contribution in [3.8, 4) is 23.4 Å². The lowest BCUT2D eigenvalue weighted by molar-refractivity contribution is 0.317. The fourth-order valence-corrected chi connectivity index (χ4v) is 12.5. The molecule has 0 aliphatic heterocycles. The summed E-state index contributed by atoms with van der Waals surface area (Å²) in [6, 6.07) is 21.0. The molecule has 462 valence electrons. The maximum atomic E-state index is 12.5. The van der Waals surface area contributed by atoms with Gasteiger partial charge >= 0.3 is 10.6 Å². The van der Waals surface area contributed by atoms with Crippen molar-refractivity contribution < 1.29 is 79.1 Å². The van der Waals surface area contributed by atoms with Crippen LogP contribution in [0.25, 0.3) is 16.7 Å². The van der Waals surface area contributed by atoms with Crippen LogP contribution >= 0.6 is 35.1 Å². The topological polar surface area (TPSA) is 447 Å². The number of thioether (sulfide) groups is 2. The number of ether oxygens (including phenoxy) is 2. The first-order valence-electron chi connectivity index (χ1n) is 24.8. The van der Waals surface area contributed by atoms with Crippen LogP contribution in [-0.2, 0) is 51.1 Å². The SMILES string of the molecule is COc1ccc2c(nc3c(C#N)c(C)c(N=Nc4cc(C)c(N=Nc5cc(C)c(N=Nc6cc(C)c(N=Nc7ccc(Cl)cc7)cc6SCCCS(=O)(=O)O)cc5SCCCS(=O)(=O)O)cc4OCCCS(=O)(=O)O)c(O)n32)c1S(=O)(=O)O.O=S(=O)=O. The summed E-state index contributed by atoms with van der Waals surface area (Å²) in [4.78, 5) is 4.62. The molecule has 0 saturated heterocycles. The number of nitrogens with zero attached hydrogens (tertiary/aromatic N) is 11. The lowest BCUT2D eigenvalue weighted by Crippen LogP contribution is -2.08. The van der Waals surface area contributed by atoms with Crippen LogP contribution < -0.4 is 9.47 Å². The van der Waals surface area contributed by atoms with Gasteiger partial charge in [-0.05, 0) is 142 Å². The molecular formula is C50H50ClN11O18S7. The van der Waals surface area contributed by atoms with Crippen molar-refractivity contribution in [3.05, 3.63) is 106 Å². The minimum absolute atomic E-state index is 0.00654. The lowest BCUT2D eigenvalue weighted by atomic mass is 10.1. The van der Waals surface area contributed by atoms with Gasteiger partial charge in [0, 0.05) is 26.4 Å². The van der Waals surface area contributed by atoms with Crippen molar-refractivity contribution in [3.63, 3.8) is 0 Å². The van der Waals surface area contributed by atoms with E-state index in [0.717, 1.165) is 4.40 Å². The molecule has 5 aromatic carbocycles. The van der Waals surface area contributed by atoms with Crippen molar-refractivity contribution in [1.82, 2.24) is 9.38 Å². The Kier molecular flexibility index (Phi) is 23.3. The minimum Gasteiger partial charge on any atom is -0.495 e.